The summed E-state index contributed by atoms with van der Waals surface area (Å²) in [5.41, 5.74) is 4.77. The van der Waals surface area contributed by atoms with Crippen LogP contribution in [0, 0.1) is 11.8 Å². The third-order valence-corrected chi connectivity index (χ3v) is 6.67. The first-order valence-electron chi connectivity index (χ1n) is 10.7. The maximum atomic E-state index is 9.63. The van der Waals surface area contributed by atoms with Crippen molar-refractivity contribution in [3.8, 4) is 11.5 Å². The second kappa shape index (κ2) is 8.84. The van der Waals surface area contributed by atoms with Gasteiger partial charge in [0.2, 0.25) is 0 Å². The average molecular weight is 460 g/mol. The number of ether oxygens (including phenoxy) is 2. The Hall–Kier alpha value is -2.42. The fraction of sp³-hybridized carbons (Fsp3) is 0.458. The number of hydrogen-bond acceptors (Lipinski definition) is 6. The summed E-state index contributed by atoms with van der Waals surface area (Å²) >= 11 is 0. The van der Waals surface area contributed by atoms with Crippen LogP contribution in [0.4, 0.5) is 0 Å². The van der Waals surface area contributed by atoms with Crippen LogP contribution in [-0.4, -0.2) is 43.5 Å². The van der Waals surface area contributed by atoms with Gasteiger partial charge in [0, 0.05) is 11.6 Å². The zero-order valence-electron chi connectivity index (χ0n) is 18.6. The second-order valence-corrected chi connectivity index (χ2v) is 10.2. The lowest BCUT2D eigenvalue weighted by Crippen LogP contribution is -2.21. The quantitative estimate of drug-likeness (QED) is 0.452. The highest BCUT2D eigenvalue weighted by molar-refractivity contribution is 7.85. The standard InChI is InChI=1S/C23H25NO3.CH4O3S/c1-26-21-9-17-16-7-14-4-3-5-15(14)8-20(16)23-19(6-13(12-25)11-24-23)18(17)10-22(21)27-2;1-5(2,3)4/h6,9-11,14-15,25H,3-5,7-8,12H2,1-2H3;1H3,(H,2,3,4). The van der Waals surface area contributed by atoms with Gasteiger partial charge in [-0.1, -0.05) is 6.42 Å². The molecule has 1 aromatic heterocycles. The minimum atomic E-state index is -3.67. The molecule has 2 atom stereocenters. The summed E-state index contributed by atoms with van der Waals surface area (Å²) in [6.45, 7) is -0.000489. The van der Waals surface area contributed by atoms with E-state index in [0.717, 1.165) is 58.0 Å². The van der Waals surface area contributed by atoms with Gasteiger partial charge in [-0.25, -0.2) is 0 Å². The minimum Gasteiger partial charge on any atom is -0.493 e. The fourth-order valence-corrected chi connectivity index (χ4v) is 5.33. The van der Waals surface area contributed by atoms with E-state index in [4.69, 9.17) is 19.0 Å². The predicted molar refractivity (Wildman–Crippen MR) is 124 cm³/mol. The molecule has 2 aromatic carbocycles. The van der Waals surface area contributed by atoms with Crippen molar-refractivity contribution in [2.24, 2.45) is 11.8 Å². The van der Waals surface area contributed by atoms with Gasteiger partial charge in [-0.3, -0.25) is 9.54 Å². The van der Waals surface area contributed by atoms with Crippen LogP contribution >= 0.6 is 0 Å². The minimum absolute atomic E-state index is 0.000489. The van der Waals surface area contributed by atoms with Crippen molar-refractivity contribution in [1.29, 1.82) is 0 Å². The molecule has 8 heteroatoms. The first-order chi connectivity index (χ1) is 15.2. The topological polar surface area (TPSA) is 106 Å². The van der Waals surface area contributed by atoms with Gasteiger partial charge in [-0.05, 0) is 83.2 Å². The normalized spacial score (nSPS) is 19.8. The number of aliphatic hydroxyl groups is 1. The van der Waals surface area contributed by atoms with E-state index in [0.29, 0.717) is 6.26 Å². The van der Waals surface area contributed by atoms with Crippen LogP contribution in [0.2, 0.25) is 0 Å². The summed E-state index contributed by atoms with van der Waals surface area (Å²) in [4.78, 5) is 4.80. The highest BCUT2D eigenvalue weighted by Crippen LogP contribution is 2.47. The van der Waals surface area contributed by atoms with Crippen molar-refractivity contribution in [3.05, 3.63) is 41.1 Å². The average Bonchev–Trinajstić information content (AvgIpc) is 3.23. The number of pyridine rings is 1. The number of nitrogens with zero attached hydrogens (tertiary/aromatic N) is 1. The van der Waals surface area contributed by atoms with Gasteiger partial charge in [-0.15, -0.1) is 0 Å². The molecule has 32 heavy (non-hydrogen) atoms. The van der Waals surface area contributed by atoms with Gasteiger partial charge < -0.3 is 14.6 Å². The Morgan fingerprint density at radius 2 is 1.53 bits per heavy atom. The summed E-state index contributed by atoms with van der Waals surface area (Å²) in [5, 5.41) is 13.1. The Morgan fingerprint density at radius 3 is 2.09 bits per heavy atom. The highest BCUT2D eigenvalue weighted by atomic mass is 32.2. The van der Waals surface area contributed by atoms with Gasteiger partial charge in [-0.2, -0.15) is 8.42 Å². The molecule has 1 saturated carbocycles. The molecule has 2 unspecified atom stereocenters. The molecule has 1 fully saturated rings. The monoisotopic (exact) mass is 459 g/mol. The highest BCUT2D eigenvalue weighted by Gasteiger charge is 2.34. The number of methoxy groups -OCH3 is 2. The van der Waals surface area contributed by atoms with Crippen molar-refractivity contribution in [2.75, 3.05) is 20.5 Å². The molecule has 7 nitrogen and oxygen atoms in total. The first kappa shape index (κ1) is 22.8. The SMILES string of the molecule is COc1cc2c3c(c4ncc(CO)cc4c2cc1OC)CC1CCCC1C3.CS(=O)(=O)O. The van der Waals surface area contributed by atoms with Crippen molar-refractivity contribution < 1.29 is 27.6 Å². The number of fused-ring (bicyclic) bond motifs is 7. The summed E-state index contributed by atoms with van der Waals surface area (Å²) < 4.78 is 37.0. The predicted octanol–water partition coefficient (Wildman–Crippen LogP) is 3.92. The Kier molecular flexibility index (Phi) is 6.29. The molecular formula is C24H29NO6S. The maximum Gasteiger partial charge on any atom is 0.261 e. The number of aliphatic hydroxyl groups excluding tert-OH is 1. The van der Waals surface area contributed by atoms with E-state index in [-0.39, 0.29) is 6.61 Å². The zero-order valence-corrected chi connectivity index (χ0v) is 19.4. The van der Waals surface area contributed by atoms with Crippen molar-refractivity contribution in [2.45, 2.75) is 38.7 Å². The molecule has 0 bridgehead atoms. The summed E-state index contributed by atoms with van der Waals surface area (Å²) in [7, 11) is -0.305. The van der Waals surface area contributed by atoms with E-state index in [9.17, 15) is 13.5 Å². The summed E-state index contributed by atoms with van der Waals surface area (Å²) in [6, 6.07) is 6.28. The van der Waals surface area contributed by atoms with Gasteiger partial charge in [0.25, 0.3) is 10.1 Å². The smallest absolute Gasteiger partial charge is 0.261 e. The molecule has 172 valence electrons. The Morgan fingerprint density at radius 1 is 0.969 bits per heavy atom. The lowest BCUT2D eigenvalue weighted by Gasteiger charge is -2.30. The summed E-state index contributed by atoms with van der Waals surface area (Å²) in [6.07, 6.45) is 8.80. The molecule has 2 N–H and O–H groups in total. The number of benzene rings is 2. The molecular weight excluding hydrogens is 430 g/mol. The molecule has 0 spiro atoms. The lowest BCUT2D eigenvalue weighted by molar-refractivity contribution is 0.281. The first-order valence-corrected chi connectivity index (χ1v) is 12.6. The van der Waals surface area contributed by atoms with Crippen LogP contribution in [0.5, 0.6) is 11.5 Å². The summed E-state index contributed by atoms with van der Waals surface area (Å²) in [5.74, 6) is 3.09. The van der Waals surface area contributed by atoms with E-state index in [1.54, 1.807) is 14.2 Å². The van der Waals surface area contributed by atoms with Crippen LogP contribution in [0.3, 0.4) is 0 Å². The van der Waals surface area contributed by atoms with E-state index in [2.05, 4.69) is 18.2 Å². The molecule has 5 rings (SSSR count). The molecule has 2 aliphatic rings. The van der Waals surface area contributed by atoms with Crippen molar-refractivity contribution in [3.63, 3.8) is 0 Å². The molecule has 3 aromatic rings. The molecule has 0 aliphatic heterocycles. The van der Waals surface area contributed by atoms with Crippen LogP contribution in [0.1, 0.15) is 36.0 Å². The van der Waals surface area contributed by atoms with E-state index < -0.39 is 10.1 Å². The van der Waals surface area contributed by atoms with Crippen molar-refractivity contribution >= 4 is 31.8 Å². The molecule has 1 heterocycles. The van der Waals surface area contributed by atoms with Crippen LogP contribution in [0.15, 0.2) is 24.4 Å². The van der Waals surface area contributed by atoms with Crippen LogP contribution < -0.4 is 9.47 Å². The lowest BCUT2D eigenvalue weighted by atomic mass is 9.75. The molecule has 2 aliphatic carbocycles. The van der Waals surface area contributed by atoms with Gasteiger partial charge in [0.15, 0.2) is 11.5 Å². The van der Waals surface area contributed by atoms with Crippen LogP contribution in [-0.2, 0) is 29.6 Å². The van der Waals surface area contributed by atoms with Gasteiger partial charge in [0.05, 0.1) is 32.6 Å². The maximum absolute atomic E-state index is 9.63. The fourth-order valence-electron chi connectivity index (χ4n) is 5.33. The van der Waals surface area contributed by atoms with E-state index in [1.165, 1.54) is 35.8 Å². The molecule has 0 amide bonds. The number of rotatable bonds is 3. The molecule has 0 saturated heterocycles. The van der Waals surface area contributed by atoms with Crippen molar-refractivity contribution in [1.82, 2.24) is 4.98 Å². The Balaban J connectivity index is 0.000000444. The number of hydrogen-bond donors (Lipinski definition) is 2. The Bertz CT molecular complexity index is 1260. The Labute approximate surface area is 188 Å². The third kappa shape index (κ3) is 4.40. The molecule has 0 radical (unpaired) electrons. The van der Waals surface area contributed by atoms with Crippen LogP contribution in [0.25, 0.3) is 21.7 Å². The third-order valence-electron chi connectivity index (χ3n) is 6.67. The van der Waals surface area contributed by atoms with E-state index in [1.807, 2.05) is 6.20 Å². The number of aromatic nitrogens is 1. The second-order valence-electron chi connectivity index (χ2n) is 8.70. The van der Waals surface area contributed by atoms with Gasteiger partial charge in [0.1, 0.15) is 0 Å². The largest absolute Gasteiger partial charge is 0.493 e. The zero-order chi connectivity index (χ0) is 23.0. The van der Waals surface area contributed by atoms with E-state index >= 15 is 0 Å². The van der Waals surface area contributed by atoms with Gasteiger partial charge >= 0.3 is 0 Å².